The van der Waals surface area contributed by atoms with Gasteiger partial charge in [-0.1, -0.05) is 18.2 Å². The molecule has 76 valence electrons. The molecule has 1 aromatic heterocycles. The van der Waals surface area contributed by atoms with Crippen molar-refractivity contribution in [2.24, 2.45) is 0 Å². The highest BCUT2D eigenvalue weighted by Gasteiger charge is 2.08. The molecule has 1 aromatic carbocycles. The van der Waals surface area contributed by atoms with Crippen LogP contribution in [0.25, 0.3) is 11.1 Å². The first-order chi connectivity index (χ1) is 7.18. The third-order valence-electron chi connectivity index (χ3n) is 2.16. The van der Waals surface area contributed by atoms with Crippen molar-refractivity contribution in [3.63, 3.8) is 0 Å². The van der Waals surface area contributed by atoms with Crippen LogP contribution in [0.1, 0.15) is 5.69 Å². The van der Waals surface area contributed by atoms with Gasteiger partial charge in [-0.2, -0.15) is 5.10 Å². The van der Waals surface area contributed by atoms with Crippen LogP contribution in [0.2, 0.25) is 0 Å². The van der Waals surface area contributed by atoms with E-state index in [2.05, 4.69) is 10.2 Å². The molecule has 0 aliphatic rings. The van der Waals surface area contributed by atoms with Crippen molar-refractivity contribution in [1.82, 2.24) is 10.2 Å². The minimum absolute atomic E-state index is 0.334. The standard InChI is InChI=1S/C11H9FN2O/c1-7-9(6-11(15)14-13-7)8-4-2-3-5-10(8)12/h2-6H,1H3,(H,14,15). The Hall–Kier alpha value is -1.97. The van der Waals surface area contributed by atoms with E-state index >= 15 is 0 Å². The number of hydrogen-bond donors (Lipinski definition) is 1. The first kappa shape index (κ1) is 9.58. The zero-order valence-corrected chi connectivity index (χ0v) is 8.12. The summed E-state index contributed by atoms with van der Waals surface area (Å²) in [6, 6.07) is 7.66. The lowest BCUT2D eigenvalue weighted by Crippen LogP contribution is -2.08. The molecule has 15 heavy (non-hydrogen) atoms. The number of aromatic amines is 1. The molecule has 0 unspecified atom stereocenters. The molecule has 0 radical (unpaired) electrons. The van der Waals surface area contributed by atoms with Crippen LogP contribution in [0.3, 0.4) is 0 Å². The van der Waals surface area contributed by atoms with E-state index in [0.29, 0.717) is 16.8 Å². The molecule has 4 heteroatoms. The van der Waals surface area contributed by atoms with Crippen LogP contribution in [0.4, 0.5) is 4.39 Å². The fourth-order valence-electron chi connectivity index (χ4n) is 1.42. The van der Waals surface area contributed by atoms with Gasteiger partial charge >= 0.3 is 0 Å². The Kier molecular flexibility index (Phi) is 2.33. The summed E-state index contributed by atoms with van der Waals surface area (Å²) in [5.74, 6) is -0.354. The number of aromatic nitrogens is 2. The van der Waals surface area contributed by atoms with Gasteiger partial charge in [0.15, 0.2) is 0 Å². The number of rotatable bonds is 1. The Labute approximate surface area is 85.6 Å². The van der Waals surface area contributed by atoms with Gasteiger partial charge in [0.1, 0.15) is 5.82 Å². The van der Waals surface area contributed by atoms with Crippen molar-refractivity contribution in [1.29, 1.82) is 0 Å². The number of aryl methyl sites for hydroxylation is 1. The molecule has 3 nitrogen and oxygen atoms in total. The number of hydrogen-bond acceptors (Lipinski definition) is 2. The first-order valence-corrected chi connectivity index (χ1v) is 4.50. The molecule has 0 bridgehead atoms. The topological polar surface area (TPSA) is 45.8 Å². The Bertz CT molecular complexity index is 548. The van der Waals surface area contributed by atoms with E-state index in [1.165, 1.54) is 12.1 Å². The highest BCUT2D eigenvalue weighted by atomic mass is 19.1. The van der Waals surface area contributed by atoms with E-state index in [9.17, 15) is 9.18 Å². The summed E-state index contributed by atoms with van der Waals surface area (Å²) < 4.78 is 13.4. The lowest BCUT2D eigenvalue weighted by Gasteiger charge is -2.04. The third kappa shape index (κ3) is 1.79. The highest BCUT2D eigenvalue weighted by molar-refractivity contribution is 5.65. The Morgan fingerprint density at radius 3 is 2.73 bits per heavy atom. The van der Waals surface area contributed by atoms with Crippen molar-refractivity contribution in [3.05, 3.63) is 52.2 Å². The van der Waals surface area contributed by atoms with Crippen molar-refractivity contribution in [2.75, 3.05) is 0 Å². The molecular formula is C11H9FN2O. The van der Waals surface area contributed by atoms with E-state index in [1.807, 2.05) is 0 Å². The van der Waals surface area contributed by atoms with Gasteiger partial charge in [0.05, 0.1) is 5.69 Å². The Balaban J connectivity index is 2.69. The van der Waals surface area contributed by atoms with Crippen LogP contribution < -0.4 is 5.56 Å². The predicted molar refractivity (Wildman–Crippen MR) is 55.0 cm³/mol. The van der Waals surface area contributed by atoms with E-state index < -0.39 is 0 Å². The zero-order chi connectivity index (χ0) is 10.8. The summed E-state index contributed by atoms with van der Waals surface area (Å²) in [6.45, 7) is 1.72. The van der Waals surface area contributed by atoms with Gasteiger partial charge in [-0.3, -0.25) is 4.79 Å². The van der Waals surface area contributed by atoms with Crippen molar-refractivity contribution in [3.8, 4) is 11.1 Å². The van der Waals surface area contributed by atoms with E-state index in [1.54, 1.807) is 25.1 Å². The van der Waals surface area contributed by atoms with Crippen LogP contribution in [0.15, 0.2) is 35.1 Å². The molecule has 2 rings (SSSR count). The Morgan fingerprint density at radius 2 is 2.00 bits per heavy atom. The smallest absolute Gasteiger partial charge is 0.264 e. The van der Waals surface area contributed by atoms with Gasteiger partial charge in [-0.05, 0) is 13.0 Å². The first-order valence-electron chi connectivity index (χ1n) is 4.50. The molecule has 0 spiro atoms. The average Bonchev–Trinajstić information content (AvgIpc) is 2.23. The van der Waals surface area contributed by atoms with Crippen molar-refractivity contribution < 1.29 is 4.39 Å². The second kappa shape index (κ2) is 3.65. The van der Waals surface area contributed by atoms with Crippen LogP contribution in [0.5, 0.6) is 0 Å². The second-order valence-electron chi connectivity index (χ2n) is 3.21. The quantitative estimate of drug-likeness (QED) is 0.770. The maximum atomic E-state index is 13.4. The second-order valence-corrected chi connectivity index (χ2v) is 3.21. The highest BCUT2D eigenvalue weighted by Crippen LogP contribution is 2.22. The minimum Gasteiger partial charge on any atom is -0.268 e. The van der Waals surface area contributed by atoms with Crippen LogP contribution in [0, 0.1) is 12.7 Å². The maximum Gasteiger partial charge on any atom is 0.264 e. The van der Waals surface area contributed by atoms with Gasteiger partial charge in [-0.25, -0.2) is 9.49 Å². The number of halogens is 1. The SMILES string of the molecule is Cc1n[nH]c(=O)cc1-c1ccccc1F. The number of benzene rings is 1. The molecular weight excluding hydrogens is 195 g/mol. The lowest BCUT2D eigenvalue weighted by atomic mass is 10.1. The molecule has 0 atom stereocenters. The molecule has 0 aliphatic heterocycles. The Morgan fingerprint density at radius 1 is 1.27 bits per heavy atom. The molecule has 0 saturated heterocycles. The summed E-state index contributed by atoms with van der Waals surface area (Å²) >= 11 is 0. The van der Waals surface area contributed by atoms with E-state index in [-0.39, 0.29) is 11.4 Å². The van der Waals surface area contributed by atoms with E-state index in [4.69, 9.17) is 0 Å². The molecule has 0 fully saturated rings. The van der Waals surface area contributed by atoms with Crippen LogP contribution in [-0.4, -0.2) is 10.2 Å². The van der Waals surface area contributed by atoms with E-state index in [0.717, 1.165) is 0 Å². The molecule has 0 amide bonds. The molecule has 2 aromatic rings. The lowest BCUT2D eigenvalue weighted by molar-refractivity contribution is 0.631. The minimum atomic E-state index is -0.354. The monoisotopic (exact) mass is 204 g/mol. The average molecular weight is 204 g/mol. The zero-order valence-electron chi connectivity index (χ0n) is 8.12. The fraction of sp³-hybridized carbons (Fsp3) is 0.0909. The van der Waals surface area contributed by atoms with Gasteiger partial charge in [0.2, 0.25) is 0 Å². The maximum absolute atomic E-state index is 13.4. The summed E-state index contributed by atoms with van der Waals surface area (Å²) in [6.07, 6.45) is 0. The van der Waals surface area contributed by atoms with Gasteiger partial charge in [-0.15, -0.1) is 0 Å². The molecule has 0 saturated carbocycles. The summed E-state index contributed by atoms with van der Waals surface area (Å²) in [4.78, 5) is 11.1. The molecule has 0 aliphatic carbocycles. The summed E-state index contributed by atoms with van der Waals surface area (Å²) in [7, 11) is 0. The normalized spacial score (nSPS) is 10.3. The van der Waals surface area contributed by atoms with Crippen LogP contribution in [-0.2, 0) is 0 Å². The number of nitrogens with zero attached hydrogens (tertiary/aromatic N) is 1. The van der Waals surface area contributed by atoms with Crippen molar-refractivity contribution in [2.45, 2.75) is 6.92 Å². The third-order valence-corrected chi connectivity index (χ3v) is 2.16. The van der Waals surface area contributed by atoms with Crippen LogP contribution >= 0.6 is 0 Å². The van der Waals surface area contributed by atoms with Gasteiger partial charge in [0.25, 0.3) is 5.56 Å². The predicted octanol–water partition coefficient (Wildman–Crippen LogP) is 1.88. The van der Waals surface area contributed by atoms with Gasteiger partial charge in [0, 0.05) is 17.2 Å². The van der Waals surface area contributed by atoms with Crippen molar-refractivity contribution >= 4 is 0 Å². The molecule has 1 heterocycles. The largest absolute Gasteiger partial charge is 0.268 e. The molecule has 1 N–H and O–H groups in total. The fourth-order valence-corrected chi connectivity index (χ4v) is 1.42. The number of nitrogens with one attached hydrogen (secondary N) is 1. The summed E-state index contributed by atoms with van der Waals surface area (Å²) in [5, 5.41) is 6.09. The van der Waals surface area contributed by atoms with Gasteiger partial charge < -0.3 is 0 Å². The number of H-pyrrole nitrogens is 1. The summed E-state index contributed by atoms with van der Waals surface area (Å²) in [5.41, 5.74) is 1.18.